The number of carbonyl (C=O) groups is 1. The highest BCUT2D eigenvalue weighted by Gasteiger charge is 2.26. The Morgan fingerprint density at radius 3 is 2.54 bits per heavy atom. The summed E-state index contributed by atoms with van der Waals surface area (Å²) in [5, 5.41) is 10.2. The van der Waals surface area contributed by atoms with Crippen LogP contribution in [-0.2, 0) is 0 Å². The molecule has 0 unspecified atom stereocenters. The standard InChI is InChI=1S/C22H20N4O2/c23-21-8-7-18(24-25-21)14-9-11-26(12-10-14)22(27)15-5-6-17-16-3-1-2-4-19(16)28-20(17)13-15/h1-8,13-14H,9-12H2,(H2,23,25). The predicted molar refractivity (Wildman–Crippen MR) is 108 cm³/mol. The van der Waals surface area contributed by atoms with Crippen LogP contribution in [0.1, 0.15) is 34.8 Å². The minimum atomic E-state index is 0.0456. The van der Waals surface area contributed by atoms with E-state index in [2.05, 4.69) is 10.2 Å². The number of nitrogens with zero attached hydrogens (tertiary/aromatic N) is 3. The van der Waals surface area contributed by atoms with E-state index in [0.29, 0.717) is 30.4 Å². The quantitative estimate of drug-likeness (QED) is 0.575. The van der Waals surface area contributed by atoms with Crippen LogP contribution in [0.4, 0.5) is 5.82 Å². The minimum absolute atomic E-state index is 0.0456. The maximum atomic E-state index is 13.0. The van der Waals surface area contributed by atoms with Gasteiger partial charge in [0.2, 0.25) is 0 Å². The van der Waals surface area contributed by atoms with Gasteiger partial charge in [0.05, 0.1) is 5.69 Å². The SMILES string of the molecule is Nc1ccc(C2CCN(C(=O)c3ccc4c(c3)oc3ccccc34)CC2)nn1. The highest BCUT2D eigenvalue weighted by molar-refractivity contribution is 6.07. The zero-order valence-electron chi connectivity index (χ0n) is 15.3. The van der Waals surface area contributed by atoms with E-state index in [9.17, 15) is 4.79 Å². The number of benzene rings is 2. The van der Waals surface area contributed by atoms with Crippen molar-refractivity contribution < 1.29 is 9.21 Å². The van der Waals surface area contributed by atoms with Crippen LogP contribution in [0.3, 0.4) is 0 Å². The van der Waals surface area contributed by atoms with Gasteiger partial charge in [-0.1, -0.05) is 18.2 Å². The zero-order chi connectivity index (χ0) is 19.1. The minimum Gasteiger partial charge on any atom is -0.456 e. The van der Waals surface area contributed by atoms with Crippen molar-refractivity contribution in [2.24, 2.45) is 0 Å². The summed E-state index contributed by atoms with van der Waals surface area (Å²) in [6.45, 7) is 1.40. The first-order valence-corrected chi connectivity index (χ1v) is 9.49. The third kappa shape index (κ3) is 2.87. The molecule has 0 aliphatic carbocycles. The van der Waals surface area contributed by atoms with E-state index in [4.69, 9.17) is 10.2 Å². The fraction of sp³-hybridized carbons (Fsp3) is 0.227. The van der Waals surface area contributed by atoms with Crippen molar-refractivity contribution in [3.8, 4) is 0 Å². The zero-order valence-corrected chi connectivity index (χ0v) is 15.3. The van der Waals surface area contributed by atoms with Crippen molar-refractivity contribution in [3.63, 3.8) is 0 Å². The van der Waals surface area contributed by atoms with Crippen molar-refractivity contribution in [2.45, 2.75) is 18.8 Å². The van der Waals surface area contributed by atoms with Crippen molar-refractivity contribution >= 4 is 33.7 Å². The van der Waals surface area contributed by atoms with Gasteiger partial charge in [-0.2, -0.15) is 5.10 Å². The van der Waals surface area contributed by atoms with Gasteiger partial charge in [0.15, 0.2) is 0 Å². The molecule has 2 N–H and O–H groups in total. The number of aromatic nitrogens is 2. The lowest BCUT2D eigenvalue weighted by atomic mass is 9.93. The number of carbonyl (C=O) groups excluding carboxylic acids is 1. The van der Waals surface area contributed by atoms with Crippen LogP contribution < -0.4 is 5.73 Å². The Morgan fingerprint density at radius 1 is 0.964 bits per heavy atom. The number of piperidine rings is 1. The first-order chi connectivity index (χ1) is 13.7. The van der Waals surface area contributed by atoms with Crippen molar-refractivity contribution in [1.82, 2.24) is 15.1 Å². The van der Waals surface area contributed by atoms with E-state index in [0.717, 1.165) is 40.5 Å². The Bertz CT molecular complexity index is 1160. The third-order valence-electron chi connectivity index (χ3n) is 5.53. The Kier molecular flexibility index (Phi) is 3.97. The number of hydrogen-bond donors (Lipinski definition) is 1. The number of likely N-dealkylation sites (tertiary alicyclic amines) is 1. The molecule has 6 heteroatoms. The summed E-state index contributed by atoms with van der Waals surface area (Å²) in [6, 6.07) is 17.4. The second-order valence-electron chi connectivity index (χ2n) is 7.26. The van der Waals surface area contributed by atoms with E-state index in [1.165, 1.54) is 0 Å². The summed E-state index contributed by atoms with van der Waals surface area (Å²) < 4.78 is 5.92. The van der Waals surface area contributed by atoms with E-state index >= 15 is 0 Å². The van der Waals surface area contributed by atoms with Gasteiger partial charge in [0.25, 0.3) is 5.91 Å². The fourth-order valence-corrected chi connectivity index (χ4v) is 3.99. The van der Waals surface area contributed by atoms with Crippen LogP contribution in [0.5, 0.6) is 0 Å². The molecule has 2 aromatic heterocycles. The molecule has 2 aromatic carbocycles. The Hall–Kier alpha value is -3.41. The summed E-state index contributed by atoms with van der Waals surface area (Å²) in [5.74, 6) is 0.788. The molecule has 3 heterocycles. The summed E-state index contributed by atoms with van der Waals surface area (Å²) >= 11 is 0. The maximum Gasteiger partial charge on any atom is 0.253 e. The van der Waals surface area contributed by atoms with Crippen LogP contribution >= 0.6 is 0 Å². The lowest BCUT2D eigenvalue weighted by Gasteiger charge is -2.31. The first kappa shape index (κ1) is 16.7. The third-order valence-corrected chi connectivity index (χ3v) is 5.53. The highest BCUT2D eigenvalue weighted by atomic mass is 16.3. The average molecular weight is 372 g/mol. The number of para-hydroxylation sites is 1. The molecule has 1 aliphatic rings. The molecular formula is C22H20N4O2. The maximum absolute atomic E-state index is 13.0. The van der Waals surface area contributed by atoms with E-state index in [1.807, 2.05) is 53.4 Å². The topological polar surface area (TPSA) is 85.2 Å². The second kappa shape index (κ2) is 6.64. The van der Waals surface area contributed by atoms with Crippen LogP contribution in [0, 0.1) is 0 Å². The van der Waals surface area contributed by atoms with Gasteiger partial charge in [0.1, 0.15) is 17.0 Å². The molecule has 1 aliphatic heterocycles. The molecule has 4 aromatic rings. The Labute approximate surface area is 161 Å². The van der Waals surface area contributed by atoms with Gasteiger partial charge in [-0.05, 0) is 49.2 Å². The average Bonchev–Trinajstić information content (AvgIpc) is 3.12. The molecule has 0 spiro atoms. The summed E-state index contributed by atoms with van der Waals surface area (Å²) in [4.78, 5) is 14.9. The van der Waals surface area contributed by atoms with Gasteiger partial charge < -0.3 is 15.1 Å². The molecule has 0 bridgehead atoms. The van der Waals surface area contributed by atoms with Gasteiger partial charge >= 0.3 is 0 Å². The predicted octanol–water partition coefficient (Wildman–Crippen LogP) is 3.98. The molecule has 1 saturated heterocycles. The first-order valence-electron chi connectivity index (χ1n) is 9.49. The molecule has 0 saturated carbocycles. The molecule has 140 valence electrons. The number of amides is 1. The van der Waals surface area contributed by atoms with Crippen LogP contribution in [0.2, 0.25) is 0 Å². The normalized spacial score (nSPS) is 15.4. The smallest absolute Gasteiger partial charge is 0.253 e. The summed E-state index contributed by atoms with van der Waals surface area (Å²) in [5.41, 5.74) is 8.82. The second-order valence-corrected chi connectivity index (χ2v) is 7.26. The summed E-state index contributed by atoms with van der Waals surface area (Å²) in [6.07, 6.45) is 1.74. The van der Waals surface area contributed by atoms with Gasteiger partial charge in [-0.25, -0.2) is 0 Å². The van der Waals surface area contributed by atoms with E-state index in [1.54, 1.807) is 6.07 Å². The van der Waals surface area contributed by atoms with Gasteiger partial charge in [0, 0.05) is 35.3 Å². The van der Waals surface area contributed by atoms with Crippen LogP contribution in [0.25, 0.3) is 21.9 Å². The molecule has 28 heavy (non-hydrogen) atoms. The lowest BCUT2D eigenvalue weighted by Crippen LogP contribution is -2.38. The Morgan fingerprint density at radius 2 is 1.75 bits per heavy atom. The highest BCUT2D eigenvalue weighted by Crippen LogP contribution is 2.31. The molecular weight excluding hydrogens is 352 g/mol. The van der Waals surface area contributed by atoms with Gasteiger partial charge in [-0.15, -0.1) is 5.10 Å². The fourth-order valence-electron chi connectivity index (χ4n) is 3.99. The van der Waals surface area contributed by atoms with Crippen molar-refractivity contribution in [3.05, 3.63) is 65.9 Å². The van der Waals surface area contributed by atoms with E-state index in [-0.39, 0.29) is 5.91 Å². The molecule has 0 atom stereocenters. The van der Waals surface area contributed by atoms with Crippen molar-refractivity contribution in [1.29, 1.82) is 0 Å². The Balaban J connectivity index is 1.34. The summed E-state index contributed by atoms with van der Waals surface area (Å²) in [7, 11) is 0. The largest absolute Gasteiger partial charge is 0.456 e. The number of rotatable bonds is 2. The van der Waals surface area contributed by atoms with Crippen molar-refractivity contribution in [2.75, 3.05) is 18.8 Å². The monoisotopic (exact) mass is 372 g/mol. The molecule has 1 amide bonds. The molecule has 6 nitrogen and oxygen atoms in total. The van der Waals surface area contributed by atoms with Crippen LogP contribution in [-0.4, -0.2) is 34.1 Å². The molecule has 0 radical (unpaired) electrons. The van der Waals surface area contributed by atoms with Gasteiger partial charge in [-0.3, -0.25) is 4.79 Å². The molecule has 5 rings (SSSR count). The number of nitrogen functional groups attached to an aromatic ring is 1. The van der Waals surface area contributed by atoms with E-state index < -0.39 is 0 Å². The number of anilines is 1. The number of nitrogens with two attached hydrogens (primary N) is 1. The number of hydrogen-bond acceptors (Lipinski definition) is 5. The number of fused-ring (bicyclic) bond motifs is 3. The molecule has 1 fully saturated rings. The number of furan rings is 1. The van der Waals surface area contributed by atoms with Crippen LogP contribution in [0.15, 0.2) is 59.0 Å². The lowest BCUT2D eigenvalue weighted by molar-refractivity contribution is 0.0712.